The average Bonchev–Trinajstić information content (AvgIpc) is 2.56. The maximum Gasteiger partial charge on any atom is 0.226 e. The summed E-state index contributed by atoms with van der Waals surface area (Å²) in [5.74, 6) is 0.172. The molecule has 0 fully saturated rings. The van der Waals surface area contributed by atoms with Gasteiger partial charge >= 0.3 is 0 Å². The monoisotopic (exact) mass is 345 g/mol. The normalized spacial score (nSPS) is 10.5. The minimum absolute atomic E-state index is 0.0634. The molecule has 5 heteroatoms. The second-order valence-electron chi connectivity index (χ2n) is 5.87. The third-order valence-electron chi connectivity index (χ3n) is 3.44. The van der Waals surface area contributed by atoms with E-state index in [1.165, 1.54) is 0 Å². The van der Waals surface area contributed by atoms with Crippen LogP contribution in [0.5, 0.6) is 5.75 Å². The minimum Gasteiger partial charge on any atom is -0.484 e. The van der Waals surface area contributed by atoms with Crippen LogP contribution in [-0.4, -0.2) is 18.3 Å². The van der Waals surface area contributed by atoms with E-state index in [0.717, 1.165) is 5.56 Å². The van der Waals surface area contributed by atoms with Crippen molar-refractivity contribution in [1.29, 1.82) is 0 Å². The van der Waals surface area contributed by atoms with E-state index >= 15 is 0 Å². The summed E-state index contributed by atoms with van der Waals surface area (Å²) < 4.78 is 5.51. The predicted octanol–water partition coefficient (Wildman–Crippen LogP) is 4.50. The van der Waals surface area contributed by atoms with Gasteiger partial charge in [-0.3, -0.25) is 9.59 Å². The van der Waals surface area contributed by atoms with Crippen LogP contribution in [0, 0.1) is 12.8 Å². The largest absolute Gasteiger partial charge is 0.484 e. The van der Waals surface area contributed by atoms with Crippen LogP contribution in [0.1, 0.15) is 29.8 Å². The van der Waals surface area contributed by atoms with E-state index in [9.17, 15) is 9.59 Å². The van der Waals surface area contributed by atoms with Gasteiger partial charge in [0.25, 0.3) is 0 Å². The molecule has 0 unspecified atom stereocenters. The molecule has 0 saturated carbocycles. The van der Waals surface area contributed by atoms with Crippen molar-refractivity contribution in [3.8, 4) is 5.75 Å². The first-order valence-electron chi connectivity index (χ1n) is 7.70. The minimum atomic E-state index is -0.158. The molecule has 0 saturated heterocycles. The molecule has 0 aliphatic carbocycles. The van der Waals surface area contributed by atoms with Crippen LogP contribution in [-0.2, 0) is 4.79 Å². The third kappa shape index (κ3) is 4.83. The molecule has 126 valence electrons. The number of benzene rings is 2. The highest BCUT2D eigenvalue weighted by Gasteiger charge is 2.10. The summed E-state index contributed by atoms with van der Waals surface area (Å²) in [6, 6.07) is 12.1. The highest BCUT2D eigenvalue weighted by molar-refractivity contribution is 6.32. The number of halogens is 1. The fourth-order valence-corrected chi connectivity index (χ4v) is 2.15. The number of carbonyl (C=O) groups excluding carboxylic acids is 2. The number of amides is 1. The Morgan fingerprint density at radius 3 is 2.42 bits per heavy atom. The van der Waals surface area contributed by atoms with Gasteiger partial charge in [0.2, 0.25) is 5.91 Å². The van der Waals surface area contributed by atoms with Crippen molar-refractivity contribution in [1.82, 2.24) is 0 Å². The Morgan fingerprint density at radius 2 is 1.79 bits per heavy atom. The van der Waals surface area contributed by atoms with Crippen molar-refractivity contribution < 1.29 is 14.3 Å². The molecule has 0 spiro atoms. The van der Waals surface area contributed by atoms with Gasteiger partial charge in [-0.05, 0) is 48.9 Å². The summed E-state index contributed by atoms with van der Waals surface area (Å²) in [4.78, 5) is 23.8. The molecule has 4 nitrogen and oxygen atoms in total. The lowest BCUT2D eigenvalue weighted by molar-refractivity contribution is -0.118. The van der Waals surface area contributed by atoms with Crippen molar-refractivity contribution in [2.24, 2.45) is 5.92 Å². The summed E-state index contributed by atoms with van der Waals surface area (Å²) in [6.07, 6.45) is 0. The molecule has 0 atom stereocenters. The van der Waals surface area contributed by atoms with Gasteiger partial charge in [-0.2, -0.15) is 0 Å². The number of ketones is 1. The molecular weight excluding hydrogens is 326 g/mol. The summed E-state index contributed by atoms with van der Waals surface area (Å²) in [7, 11) is 0. The molecule has 2 aromatic carbocycles. The molecule has 0 aromatic heterocycles. The highest BCUT2D eigenvalue weighted by atomic mass is 35.5. The molecule has 2 rings (SSSR count). The molecule has 0 radical (unpaired) electrons. The smallest absolute Gasteiger partial charge is 0.226 e. The zero-order valence-electron chi connectivity index (χ0n) is 13.9. The number of ether oxygens (including phenoxy) is 1. The summed E-state index contributed by atoms with van der Waals surface area (Å²) in [6.45, 7) is 5.47. The molecule has 2 aromatic rings. The van der Waals surface area contributed by atoms with Crippen molar-refractivity contribution >= 4 is 29.0 Å². The second-order valence-corrected chi connectivity index (χ2v) is 6.27. The first-order valence-corrected chi connectivity index (χ1v) is 8.07. The number of hydrogen-bond donors (Lipinski definition) is 1. The zero-order chi connectivity index (χ0) is 17.7. The van der Waals surface area contributed by atoms with Crippen molar-refractivity contribution in [3.63, 3.8) is 0 Å². The summed E-state index contributed by atoms with van der Waals surface area (Å²) >= 11 is 6.04. The van der Waals surface area contributed by atoms with Crippen LogP contribution in [0.3, 0.4) is 0 Å². The molecule has 1 N–H and O–H groups in total. The quantitative estimate of drug-likeness (QED) is 0.784. The highest BCUT2D eigenvalue weighted by Crippen LogP contribution is 2.25. The topological polar surface area (TPSA) is 55.4 Å². The van der Waals surface area contributed by atoms with E-state index in [1.54, 1.807) is 36.4 Å². The molecule has 24 heavy (non-hydrogen) atoms. The van der Waals surface area contributed by atoms with Crippen LogP contribution < -0.4 is 10.1 Å². The number of rotatable bonds is 6. The molecular formula is C19H20ClNO3. The maximum atomic E-state index is 12.2. The zero-order valence-corrected chi connectivity index (χ0v) is 14.7. The van der Waals surface area contributed by atoms with Gasteiger partial charge in [-0.25, -0.2) is 0 Å². The molecule has 0 aliphatic rings. The maximum absolute atomic E-state index is 12.2. The number of anilines is 1. The second kappa shape index (κ2) is 7.97. The first-order chi connectivity index (χ1) is 11.4. The molecule has 1 amide bonds. The van der Waals surface area contributed by atoms with E-state index in [0.29, 0.717) is 22.0 Å². The number of aryl methyl sites for hydroxylation is 1. The SMILES string of the molecule is Cc1ccc(Cl)c(OCC(=O)c2ccc(NC(=O)C(C)C)cc2)c1. The van der Waals surface area contributed by atoms with Gasteiger partial charge in [-0.1, -0.05) is 31.5 Å². The van der Waals surface area contributed by atoms with Gasteiger partial charge in [-0.15, -0.1) is 0 Å². The predicted molar refractivity (Wildman–Crippen MR) is 95.9 cm³/mol. The van der Waals surface area contributed by atoms with Gasteiger partial charge < -0.3 is 10.1 Å². The van der Waals surface area contributed by atoms with Gasteiger partial charge in [0.05, 0.1) is 5.02 Å². The van der Waals surface area contributed by atoms with Gasteiger partial charge in [0.15, 0.2) is 12.4 Å². The Labute approximate surface area is 146 Å². The lowest BCUT2D eigenvalue weighted by Crippen LogP contribution is -2.18. The Balaban J connectivity index is 1.97. The Bertz CT molecular complexity index is 739. The number of hydrogen-bond acceptors (Lipinski definition) is 3. The fraction of sp³-hybridized carbons (Fsp3) is 0.263. The van der Waals surface area contributed by atoms with Gasteiger partial charge in [0, 0.05) is 17.2 Å². The molecule has 0 aliphatic heterocycles. The van der Waals surface area contributed by atoms with E-state index in [1.807, 2.05) is 26.8 Å². The summed E-state index contributed by atoms with van der Waals surface area (Å²) in [5, 5.41) is 3.25. The van der Waals surface area contributed by atoms with E-state index in [4.69, 9.17) is 16.3 Å². The lowest BCUT2D eigenvalue weighted by Gasteiger charge is -2.10. The Morgan fingerprint density at radius 1 is 1.12 bits per heavy atom. The van der Waals surface area contributed by atoms with E-state index < -0.39 is 0 Å². The fourth-order valence-electron chi connectivity index (χ4n) is 1.97. The van der Waals surface area contributed by atoms with Crippen LogP contribution >= 0.6 is 11.6 Å². The molecule has 0 bridgehead atoms. The van der Waals surface area contributed by atoms with Crippen LogP contribution in [0.2, 0.25) is 5.02 Å². The summed E-state index contributed by atoms with van der Waals surface area (Å²) in [5.41, 5.74) is 2.18. The van der Waals surface area contributed by atoms with Crippen LogP contribution in [0.25, 0.3) is 0 Å². The number of nitrogens with one attached hydrogen (secondary N) is 1. The standard InChI is InChI=1S/C19H20ClNO3/c1-12(2)19(23)21-15-7-5-14(6-8-15)17(22)11-24-18-10-13(3)4-9-16(18)20/h4-10,12H,11H2,1-3H3,(H,21,23). The Hall–Kier alpha value is -2.33. The van der Waals surface area contributed by atoms with Crippen molar-refractivity contribution in [2.45, 2.75) is 20.8 Å². The average molecular weight is 346 g/mol. The molecule has 0 heterocycles. The number of carbonyl (C=O) groups is 2. The first kappa shape index (κ1) is 18.0. The Kier molecular flexibility index (Phi) is 5.99. The van der Waals surface area contributed by atoms with E-state index in [-0.39, 0.29) is 24.2 Å². The lowest BCUT2D eigenvalue weighted by atomic mass is 10.1. The number of Topliss-reactive ketones (excluding diaryl/α,β-unsaturated/α-hetero) is 1. The van der Waals surface area contributed by atoms with E-state index in [2.05, 4.69) is 5.32 Å². The van der Waals surface area contributed by atoms with Crippen LogP contribution in [0.4, 0.5) is 5.69 Å². The van der Waals surface area contributed by atoms with Gasteiger partial charge in [0.1, 0.15) is 5.75 Å². The van der Waals surface area contributed by atoms with Crippen LogP contribution in [0.15, 0.2) is 42.5 Å². The third-order valence-corrected chi connectivity index (χ3v) is 3.76. The van der Waals surface area contributed by atoms with Crippen molar-refractivity contribution in [3.05, 3.63) is 58.6 Å². The van der Waals surface area contributed by atoms with Crippen molar-refractivity contribution in [2.75, 3.05) is 11.9 Å².